The molecule has 1 aliphatic heterocycles. The third kappa shape index (κ3) is 2.90. The lowest BCUT2D eigenvalue weighted by atomic mass is 10.0. The van der Waals surface area contributed by atoms with Crippen LogP contribution in [0.1, 0.15) is 24.9 Å². The number of rotatable bonds is 3. The van der Waals surface area contributed by atoms with Gasteiger partial charge in [-0.05, 0) is 19.5 Å². The number of nitrogens with zero attached hydrogens (tertiary/aromatic N) is 3. The van der Waals surface area contributed by atoms with E-state index >= 15 is 0 Å². The first-order chi connectivity index (χ1) is 8.72. The van der Waals surface area contributed by atoms with E-state index in [1.807, 2.05) is 6.07 Å². The van der Waals surface area contributed by atoms with Gasteiger partial charge in [0.05, 0.1) is 12.5 Å². The van der Waals surface area contributed by atoms with Crippen molar-refractivity contribution in [2.45, 2.75) is 25.4 Å². The van der Waals surface area contributed by atoms with Gasteiger partial charge in [-0.15, -0.1) is 0 Å². The first-order valence-electron chi connectivity index (χ1n) is 6.58. The van der Waals surface area contributed by atoms with Crippen molar-refractivity contribution in [2.75, 3.05) is 26.7 Å². The molecule has 0 radical (unpaired) electrons. The fourth-order valence-electron chi connectivity index (χ4n) is 2.74. The molecule has 1 heterocycles. The van der Waals surface area contributed by atoms with Gasteiger partial charge in [-0.2, -0.15) is 5.26 Å². The third-order valence-corrected chi connectivity index (χ3v) is 3.84. The predicted molar refractivity (Wildman–Crippen MR) is 73.1 cm³/mol. The van der Waals surface area contributed by atoms with Gasteiger partial charge in [-0.25, -0.2) is 0 Å². The highest BCUT2D eigenvalue weighted by atomic mass is 15.3. The van der Waals surface area contributed by atoms with E-state index in [4.69, 9.17) is 5.26 Å². The van der Waals surface area contributed by atoms with E-state index in [2.05, 4.69) is 54.1 Å². The molecule has 2 rings (SSSR count). The molecule has 3 heteroatoms. The SMILES string of the molecule is CC(c1ccccc1)N1CCN(C)CC1CC#N. The van der Waals surface area contributed by atoms with E-state index in [0.717, 1.165) is 19.6 Å². The highest BCUT2D eigenvalue weighted by Crippen LogP contribution is 2.25. The van der Waals surface area contributed by atoms with Crippen LogP contribution in [0.4, 0.5) is 0 Å². The lowest BCUT2D eigenvalue weighted by Crippen LogP contribution is -2.52. The van der Waals surface area contributed by atoms with E-state index in [1.165, 1.54) is 5.56 Å². The van der Waals surface area contributed by atoms with Gasteiger partial charge in [0.2, 0.25) is 0 Å². The molecule has 1 aromatic rings. The smallest absolute Gasteiger partial charge is 0.0638 e. The molecule has 0 N–H and O–H groups in total. The van der Waals surface area contributed by atoms with Gasteiger partial charge in [0.1, 0.15) is 0 Å². The van der Waals surface area contributed by atoms with Crippen molar-refractivity contribution in [3.8, 4) is 6.07 Å². The number of benzene rings is 1. The van der Waals surface area contributed by atoms with Gasteiger partial charge < -0.3 is 4.90 Å². The first kappa shape index (κ1) is 13.1. The van der Waals surface area contributed by atoms with Gasteiger partial charge in [0.15, 0.2) is 0 Å². The maximum atomic E-state index is 8.98. The standard InChI is InChI=1S/C15H21N3/c1-13(14-6-4-3-5-7-14)18-11-10-17(2)12-15(18)8-9-16/h3-7,13,15H,8,10-12H2,1-2H3. The summed E-state index contributed by atoms with van der Waals surface area (Å²) in [5.41, 5.74) is 1.34. The summed E-state index contributed by atoms with van der Waals surface area (Å²) in [4.78, 5) is 4.79. The van der Waals surface area contributed by atoms with Crippen LogP contribution in [-0.2, 0) is 0 Å². The molecule has 1 aliphatic rings. The lowest BCUT2D eigenvalue weighted by molar-refractivity contribution is 0.0600. The van der Waals surface area contributed by atoms with E-state index in [-0.39, 0.29) is 0 Å². The van der Waals surface area contributed by atoms with Crippen LogP contribution >= 0.6 is 0 Å². The summed E-state index contributed by atoms with van der Waals surface area (Å²) >= 11 is 0. The van der Waals surface area contributed by atoms with E-state index in [0.29, 0.717) is 18.5 Å². The quantitative estimate of drug-likeness (QED) is 0.816. The van der Waals surface area contributed by atoms with Crippen molar-refractivity contribution in [3.63, 3.8) is 0 Å². The van der Waals surface area contributed by atoms with Crippen LogP contribution in [0.3, 0.4) is 0 Å². The largest absolute Gasteiger partial charge is 0.304 e. The number of likely N-dealkylation sites (N-methyl/N-ethyl adjacent to an activating group) is 1. The summed E-state index contributed by atoms with van der Waals surface area (Å²) in [5.74, 6) is 0. The average molecular weight is 243 g/mol. The Labute approximate surface area is 110 Å². The molecule has 2 atom stereocenters. The second kappa shape index (κ2) is 5.99. The van der Waals surface area contributed by atoms with Gasteiger partial charge in [0.25, 0.3) is 0 Å². The Hall–Kier alpha value is -1.37. The van der Waals surface area contributed by atoms with Gasteiger partial charge in [0, 0.05) is 31.7 Å². The fourth-order valence-corrected chi connectivity index (χ4v) is 2.74. The van der Waals surface area contributed by atoms with E-state index in [9.17, 15) is 0 Å². The Bertz CT molecular complexity index is 409. The Kier molecular flexibility index (Phi) is 4.35. The molecule has 1 fully saturated rings. The number of piperazine rings is 1. The second-order valence-corrected chi connectivity index (χ2v) is 5.10. The zero-order valence-corrected chi connectivity index (χ0v) is 11.2. The summed E-state index contributed by atoms with van der Waals surface area (Å²) in [7, 11) is 2.13. The lowest BCUT2D eigenvalue weighted by Gasteiger charge is -2.42. The molecule has 18 heavy (non-hydrogen) atoms. The summed E-state index contributed by atoms with van der Waals surface area (Å²) in [5, 5.41) is 8.98. The van der Waals surface area contributed by atoms with E-state index in [1.54, 1.807) is 0 Å². The molecule has 0 amide bonds. The molecule has 0 bridgehead atoms. The summed E-state index contributed by atoms with van der Waals surface area (Å²) < 4.78 is 0. The number of hydrogen-bond acceptors (Lipinski definition) is 3. The minimum Gasteiger partial charge on any atom is -0.304 e. The van der Waals surface area contributed by atoms with Crippen molar-refractivity contribution in [1.82, 2.24) is 9.80 Å². The average Bonchev–Trinajstić information content (AvgIpc) is 2.40. The number of nitriles is 1. The third-order valence-electron chi connectivity index (χ3n) is 3.84. The molecule has 0 saturated carbocycles. The van der Waals surface area contributed by atoms with Gasteiger partial charge in [-0.1, -0.05) is 30.3 Å². The predicted octanol–water partition coefficient (Wildman–Crippen LogP) is 2.28. The molecule has 3 nitrogen and oxygen atoms in total. The fraction of sp³-hybridized carbons (Fsp3) is 0.533. The van der Waals surface area contributed by atoms with Crippen molar-refractivity contribution < 1.29 is 0 Å². The zero-order chi connectivity index (χ0) is 13.0. The molecular formula is C15H21N3. The molecule has 0 aliphatic carbocycles. The van der Waals surface area contributed by atoms with Crippen LogP contribution < -0.4 is 0 Å². The Balaban J connectivity index is 2.12. The summed E-state index contributed by atoms with van der Waals surface area (Å²) in [6.07, 6.45) is 0.613. The summed E-state index contributed by atoms with van der Waals surface area (Å²) in [6, 6.07) is 13.6. The van der Waals surface area contributed by atoms with Crippen LogP contribution in [-0.4, -0.2) is 42.5 Å². The molecule has 0 spiro atoms. The van der Waals surface area contributed by atoms with Crippen LogP contribution in [0.25, 0.3) is 0 Å². The molecule has 1 saturated heterocycles. The monoisotopic (exact) mass is 243 g/mol. The van der Waals surface area contributed by atoms with Crippen molar-refractivity contribution >= 4 is 0 Å². The van der Waals surface area contributed by atoms with E-state index < -0.39 is 0 Å². The normalized spacial score (nSPS) is 23.5. The maximum absolute atomic E-state index is 8.98. The molecule has 96 valence electrons. The Morgan fingerprint density at radius 1 is 1.33 bits per heavy atom. The molecule has 0 aromatic heterocycles. The van der Waals surface area contributed by atoms with Crippen LogP contribution in [0.5, 0.6) is 0 Å². The Morgan fingerprint density at radius 2 is 2.06 bits per heavy atom. The Morgan fingerprint density at radius 3 is 2.72 bits per heavy atom. The van der Waals surface area contributed by atoms with Crippen LogP contribution in [0.15, 0.2) is 30.3 Å². The van der Waals surface area contributed by atoms with Crippen molar-refractivity contribution in [1.29, 1.82) is 5.26 Å². The topological polar surface area (TPSA) is 30.3 Å². The zero-order valence-electron chi connectivity index (χ0n) is 11.2. The highest BCUT2D eigenvalue weighted by Gasteiger charge is 2.29. The van der Waals surface area contributed by atoms with Crippen LogP contribution in [0.2, 0.25) is 0 Å². The highest BCUT2D eigenvalue weighted by molar-refractivity contribution is 5.19. The van der Waals surface area contributed by atoms with Gasteiger partial charge in [-0.3, -0.25) is 4.90 Å². The minimum absolute atomic E-state index is 0.351. The van der Waals surface area contributed by atoms with Crippen molar-refractivity contribution in [2.24, 2.45) is 0 Å². The van der Waals surface area contributed by atoms with Crippen molar-refractivity contribution in [3.05, 3.63) is 35.9 Å². The maximum Gasteiger partial charge on any atom is 0.0638 e. The minimum atomic E-state index is 0.351. The molecule has 1 aromatic carbocycles. The van der Waals surface area contributed by atoms with Crippen LogP contribution in [0, 0.1) is 11.3 Å². The molecule has 2 unspecified atom stereocenters. The summed E-state index contributed by atoms with van der Waals surface area (Å²) in [6.45, 7) is 5.35. The number of hydrogen-bond donors (Lipinski definition) is 0. The first-order valence-corrected chi connectivity index (χ1v) is 6.58. The van der Waals surface area contributed by atoms with Gasteiger partial charge >= 0.3 is 0 Å². The second-order valence-electron chi connectivity index (χ2n) is 5.10. The molecular weight excluding hydrogens is 222 g/mol.